The fourth-order valence-electron chi connectivity index (χ4n) is 2.93. The van der Waals surface area contributed by atoms with Gasteiger partial charge in [-0.15, -0.1) is 0 Å². The Labute approximate surface area is 207 Å². The molecule has 0 spiro atoms. The standard InChI is InChI=1S/C19H34N10O5S/c1-9(30)14(15(21)31)29-18(34)13(7-35)28-17(33)12(3-2-4-25-19(22)23)27-16(32)11(20)5-10-6-24-8-26-10/h6,8-9,11-14,30,35H,2-5,7,20H2,1H3,(H2,21,31)(H,24,26)(H,27,32)(H,28,33)(H,29,34)(H4,22,23,25)/t9-,11+,12+,13+,14+/m1/s1. The van der Waals surface area contributed by atoms with Crippen LogP contribution in [0.3, 0.4) is 0 Å². The number of aromatic nitrogens is 2. The van der Waals surface area contributed by atoms with Crippen LogP contribution in [0.25, 0.3) is 0 Å². The molecular formula is C19H34N10O5S. The van der Waals surface area contributed by atoms with Gasteiger partial charge in [-0.05, 0) is 19.8 Å². The minimum atomic E-state index is -1.36. The maximum atomic E-state index is 13.0. The van der Waals surface area contributed by atoms with Crippen molar-refractivity contribution in [1.29, 1.82) is 0 Å². The Kier molecular flexibility index (Phi) is 12.5. The number of rotatable bonds is 15. The predicted octanol–water partition coefficient (Wildman–Crippen LogP) is -4.42. The van der Waals surface area contributed by atoms with Crippen LogP contribution >= 0.6 is 12.6 Å². The van der Waals surface area contributed by atoms with Crippen molar-refractivity contribution >= 4 is 42.2 Å². The highest BCUT2D eigenvalue weighted by Gasteiger charge is 2.30. The molecule has 0 saturated carbocycles. The fraction of sp³-hybridized carbons (Fsp3) is 0.579. The van der Waals surface area contributed by atoms with Crippen LogP contribution in [0.5, 0.6) is 0 Å². The van der Waals surface area contributed by atoms with Crippen LogP contribution in [-0.2, 0) is 25.6 Å². The third kappa shape index (κ3) is 10.6. The van der Waals surface area contributed by atoms with Crippen molar-refractivity contribution in [2.24, 2.45) is 27.9 Å². The highest BCUT2D eigenvalue weighted by molar-refractivity contribution is 7.80. The Morgan fingerprint density at radius 1 is 1.11 bits per heavy atom. The van der Waals surface area contributed by atoms with E-state index in [4.69, 9.17) is 22.9 Å². The number of primary amides is 1. The van der Waals surface area contributed by atoms with Crippen molar-refractivity contribution in [3.8, 4) is 0 Å². The molecule has 4 amide bonds. The zero-order valence-electron chi connectivity index (χ0n) is 19.3. The van der Waals surface area contributed by atoms with Gasteiger partial charge in [-0.3, -0.25) is 24.2 Å². The molecule has 0 fully saturated rings. The molecule has 13 N–H and O–H groups in total. The van der Waals surface area contributed by atoms with Crippen molar-refractivity contribution in [1.82, 2.24) is 25.9 Å². The third-order valence-corrected chi connectivity index (χ3v) is 5.18. The van der Waals surface area contributed by atoms with Crippen LogP contribution in [0.15, 0.2) is 17.5 Å². The molecule has 5 atom stereocenters. The first kappa shape index (κ1) is 29.7. The average molecular weight is 515 g/mol. The number of hydrogen-bond acceptors (Lipinski definition) is 9. The number of nitrogens with zero attached hydrogens (tertiary/aromatic N) is 2. The molecule has 0 aliphatic carbocycles. The van der Waals surface area contributed by atoms with E-state index in [2.05, 4.69) is 43.5 Å². The molecule has 0 aromatic carbocycles. The molecule has 1 rings (SSSR count). The lowest BCUT2D eigenvalue weighted by molar-refractivity contribution is -0.134. The maximum absolute atomic E-state index is 13.0. The van der Waals surface area contributed by atoms with Gasteiger partial charge in [0.25, 0.3) is 0 Å². The van der Waals surface area contributed by atoms with Crippen molar-refractivity contribution in [3.63, 3.8) is 0 Å². The summed E-state index contributed by atoms with van der Waals surface area (Å²) in [4.78, 5) is 60.1. The smallest absolute Gasteiger partial charge is 0.244 e. The Hall–Kier alpha value is -3.37. The van der Waals surface area contributed by atoms with E-state index in [9.17, 15) is 24.3 Å². The molecule has 0 unspecified atom stereocenters. The van der Waals surface area contributed by atoms with Crippen LogP contribution in [0, 0.1) is 0 Å². The quantitative estimate of drug-likeness (QED) is 0.0467. The summed E-state index contributed by atoms with van der Waals surface area (Å²) in [5, 5.41) is 17.0. The van der Waals surface area contributed by atoms with E-state index in [0.717, 1.165) is 0 Å². The number of amides is 4. The molecule has 0 aliphatic heterocycles. The van der Waals surface area contributed by atoms with E-state index in [-0.39, 0.29) is 31.1 Å². The second-order valence-electron chi connectivity index (χ2n) is 7.77. The zero-order chi connectivity index (χ0) is 26.5. The number of imidazole rings is 1. The molecule has 16 heteroatoms. The monoisotopic (exact) mass is 514 g/mol. The number of carbonyl (C=O) groups is 4. The lowest BCUT2D eigenvalue weighted by Gasteiger charge is -2.25. The first-order valence-electron chi connectivity index (χ1n) is 10.7. The van der Waals surface area contributed by atoms with Crippen LogP contribution < -0.4 is 38.9 Å². The van der Waals surface area contributed by atoms with Crippen LogP contribution in [0.1, 0.15) is 25.5 Å². The van der Waals surface area contributed by atoms with Gasteiger partial charge in [0.15, 0.2) is 5.96 Å². The maximum Gasteiger partial charge on any atom is 0.244 e. The summed E-state index contributed by atoms with van der Waals surface area (Å²) in [5.74, 6) is -3.30. The first-order chi connectivity index (χ1) is 16.5. The van der Waals surface area contributed by atoms with Crippen LogP contribution in [0.4, 0.5) is 0 Å². The summed E-state index contributed by atoms with van der Waals surface area (Å²) in [7, 11) is 0. The molecule has 0 radical (unpaired) electrons. The van der Waals surface area contributed by atoms with E-state index in [0.29, 0.717) is 12.1 Å². The number of thiol groups is 1. The molecule has 35 heavy (non-hydrogen) atoms. The van der Waals surface area contributed by atoms with Gasteiger partial charge in [-0.2, -0.15) is 12.6 Å². The van der Waals surface area contributed by atoms with Crippen LogP contribution in [0.2, 0.25) is 0 Å². The fourth-order valence-corrected chi connectivity index (χ4v) is 3.18. The number of nitrogens with one attached hydrogen (secondary N) is 4. The number of nitrogens with two attached hydrogens (primary N) is 4. The summed E-state index contributed by atoms with van der Waals surface area (Å²) in [6.07, 6.45) is 2.33. The van der Waals surface area contributed by atoms with E-state index in [1.807, 2.05) is 0 Å². The van der Waals surface area contributed by atoms with Gasteiger partial charge in [0.1, 0.15) is 18.1 Å². The second-order valence-corrected chi connectivity index (χ2v) is 8.14. The number of hydrogen-bond donors (Lipinski definition) is 10. The molecule has 196 valence electrons. The Bertz CT molecular complexity index is 875. The van der Waals surface area contributed by atoms with Gasteiger partial charge in [-0.1, -0.05) is 0 Å². The summed E-state index contributed by atoms with van der Waals surface area (Å²) < 4.78 is 0. The number of aliphatic imine (C=N–C) groups is 1. The number of aliphatic hydroxyl groups excluding tert-OH is 1. The highest BCUT2D eigenvalue weighted by Crippen LogP contribution is 2.04. The van der Waals surface area contributed by atoms with Gasteiger partial charge < -0.3 is 49.0 Å². The zero-order valence-corrected chi connectivity index (χ0v) is 20.2. The summed E-state index contributed by atoms with van der Waals surface area (Å²) >= 11 is 4.07. The van der Waals surface area contributed by atoms with Gasteiger partial charge in [0, 0.05) is 30.6 Å². The van der Waals surface area contributed by atoms with Gasteiger partial charge in [0.05, 0.1) is 18.5 Å². The molecule has 1 heterocycles. The minimum absolute atomic E-state index is 0.120. The number of aliphatic hydroxyl groups is 1. The van der Waals surface area contributed by atoms with E-state index in [1.54, 1.807) is 0 Å². The Morgan fingerprint density at radius 2 is 1.74 bits per heavy atom. The normalized spacial score (nSPS) is 15.1. The first-order valence-corrected chi connectivity index (χ1v) is 11.4. The number of aromatic amines is 1. The van der Waals surface area contributed by atoms with Crippen molar-refractivity contribution < 1.29 is 24.3 Å². The number of H-pyrrole nitrogens is 1. The topological polar surface area (TPSA) is 270 Å². The number of carbonyl (C=O) groups excluding carboxylic acids is 4. The number of guanidine groups is 1. The molecule has 1 aromatic heterocycles. The average Bonchev–Trinajstić information content (AvgIpc) is 3.29. The lowest BCUT2D eigenvalue weighted by Crippen LogP contribution is -2.59. The van der Waals surface area contributed by atoms with Crippen molar-refractivity contribution in [3.05, 3.63) is 18.2 Å². The van der Waals surface area contributed by atoms with Crippen LogP contribution in [-0.4, -0.2) is 87.2 Å². The van der Waals surface area contributed by atoms with Crippen molar-refractivity contribution in [2.75, 3.05) is 12.3 Å². The van der Waals surface area contributed by atoms with Gasteiger partial charge in [-0.25, -0.2) is 4.98 Å². The third-order valence-electron chi connectivity index (χ3n) is 4.81. The highest BCUT2D eigenvalue weighted by atomic mass is 32.1. The molecule has 0 saturated heterocycles. The Balaban J connectivity index is 2.89. The van der Waals surface area contributed by atoms with E-state index in [1.165, 1.54) is 19.4 Å². The van der Waals surface area contributed by atoms with Crippen molar-refractivity contribution in [2.45, 2.75) is 56.5 Å². The van der Waals surface area contributed by atoms with E-state index < -0.39 is 53.9 Å². The molecule has 15 nitrogen and oxygen atoms in total. The largest absolute Gasteiger partial charge is 0.391 e. The molecular weight excluding hydrogens is 480 g/mol. The second kappa shape index (κ2) is 14.8. The Morgan fingerprint density at radius 3 is 2.26 bits per heavy atom. The summed E-state index contributed by atoms with van der Waals surface area (Å²) in [6.45, 7) is 1.48. The molecule has 0 aliphatic rings. The minimum Gasteiger partial charge on any atom is -0.391 e. The summed E-state index contributed by atoms with van der Waals surface area (Å²) in [5.41, 5.74) is 22.4. The summed E-state index contributed by atoms with van der Waals surface area (Å²) in [6, 6.07) is -4.61. The predicted molar refractivity (Wildman–Crippen MR) is 131 cm³/mol. The van der Waals surface area contributed by atoms with E-state index >= 15 is 0 Å². The SMILES string of the molecule is C[C@@H](O)[C@H](NC(=O)[C@H](CS)NC(=O)[C@H](CCCN=C(N)N)NC(=O)[C@@H](N)Cc1cnc[nH]1)C(N)=O. The van der Waals surface area contributed by atoms with Gasteiger partial charge >= 0.3 is 0 Å². The van der Waals surface area contributed by atoms with Gasteiger partial charge in [0.2, 0.25) is 23.6 Å². The lowest BCUT2D eigenvalue weighted by atomic mass is 10.1. The molecule has 1 aromatic rings. The molecule has 0 bridgehead atoms.